The van der Waals surface area contributed by atoms with E-state index in [9.17, 15) is 14.4 Å². The van der Waals surface area contributed by atoms with Crippen LogP contribution in [0, 0.1) is 0 Å². The molecule has 0 bridgehead atoms. The molecule has 1 unspecified atom stereocenters. The zero-order valence-electron chi connectivity index (χ0n) is 18.2. The quantitative estimate of drug-likeness (QED) is 0.524. The number of hydrogen-bond acceptors (Lipinski definition) is 5. The third kappa shape index (κ3) is 5.64. The van der Waals surface area contributed by atoms with Gasteiger partial charge in [-0.2, -0.15) is 0 Å². The number of fused-ring (bicyclic) bond motifs is 3. The Hall–Kier alpha value is -3.39. The van der Waals surface area contributed by atoms with E-state index in [-0.39, 0.29) is 31.9 Å². The van der Waals surface area contributed by atoms with Crippen LogP contribution in [0.4, 0.5) is 4.79 Å². The lowest BCUT2D eigenvalue weighted by molar-refractivity contribution is -0.138. The lowest BCUT2D eigenvalue weighted by Gasteiger charge is -2.19. The molecule has 1 aliphatic rings. The molecule has 0 radical (unpaired) electrons. The molecule has 32 heavy (non-hydrogen) atoms. The minimum atomic E-state index is -0.997. The topological polar surface area (TPSA) is 114 Å². The van der Waals surface area contributed by atoms with Crippen molar-refractivity contribution in [2.24, 2.45) is 0 Å². The predicted octanol–water partition coefficient (Wildman–Crippen LogP) is 2.91. The Morgan fingerprint density at radius 1 is 1.03 bits per heavy atom. The molecular weight excluding hydrogens is 412 g/mol. The average molecular weight is 440 g/mol. The smallest absolute Gasteiger partial charge is 0.407 e. The third-order valence-electron chi connectivity index (χ3n) is 5.47. The second kappa shape index (κ2) is 10.8. The van der Waals surface area contributed by atoms with Gasteiger partial charge in [-0.05, 0) is 29.2 Å². The molecule has 3 rings (SSSR count). The molecule has 0 saturated carbocycles. The zero-order chi connectivity index (χ0) is 23.1. The summed E-state index contributed by atoms with van der Waals surface area (Å²) in [5.41, 5.74) is 4.58. The molecule has 2 atom stereocenters. The van der Waals surface area contributed by atoms with Crippen LogP contribution in [0.3, 0.4) is 0 Å². The summed E-state index contributed by atoms with van der Waals surface area (Å²) in [4.78, 5) is 35.2. The van der Waals surface area contributed by atoms with Gasteiger partial charge in [-0.25, -0.2) is 4.79 Å². The number of amides is 2. The first kappa shape index (κ1) is 23.3. The van der Waals surface area contributed by atoms with Crippen molar-refractivity contribution < 1.29 is 29.0 Å². The maximum absolute atomic E-state index is 12.2. The van der Waals surface area contributed by atoms with E-state index in [1.54, 1.807) is 6.92 Å². The largest absolute Gasteiger partial charge is 0.481 e. The lowest BCUT2D eigenvalue weighted by Crippen LogP contribution is -2.43. The van der Waals surface area contributed by atoms with Gasteiger partial charge in [-0.1, -0.05) is 48.5 Å². The van der Waals surface area contributed by atoms with E-state index in [2.05, 4.69) is 34.9 Å². The van der Waals surface area contributed by atoms with Crippen molar-refractivity contribution in [2.45, 2.75) is 37.8 Å². The molecule has 0 aromatic heterocycles. The number of carboxylic acid groups (broad SMARTS) is 1. The fraction of sp³-hybridized carbons (Fsp3) is 0.375. The highest BCUT2D eigenvalue weighted by molar-refractivity contribution is 5.82. The summed E-state index contributed by atoms with van der Waals surface area (Å²) in [6.07, 6.45) is -1.33. The second-order valence-corrected chi connectivity index (χ2v) is 7.77. The highest BCUT2D eigenvalue weighted by Gasteiger charge is 2.29. The number of hydrogen-bond donors (Lipinski definition) is 3. The van der Waals surface area contributed by atoms with Crippen LogP contribution in [0.2, 0.25) is 0 Å². The lowest BCUT2D eigenvalue weighted by atomic mass is 9.98. The van der Waals surface area contributed by atoms with Crippen molar-refractivity contribution in [2.75, 3.05) is 20.3 Å². The first-order chi connectivity index (χ1) is 15.4. The molecule has 0 saturated heterocycles. The molecule has 2 aromatic rings. The number of alkyl carbamates (subject to hydrolysis) is 1. The first-order valence-electron chi connectivity index (χ1n) is 10.5. The fourth-order valence-electron chi connectivity index (χ4n) is 3.96. The number of nitrogens with one attached hydrogen (secondary N) is 2. The summed E-state index contributed by atoms with van der Waals surface area (Å²) in [5, 5.41) is 14.0. The Balaban J connectivity index is 1.47. The number of ether oxygens (including phenoxy) is 2. The third-order valence-corrected chi connectivity index (χ3v) is 5.47. The van der Waals surface area contributed by atoms with Crippen molar-refractivity contribution in [1.82, 2.24) is 10.6 Å². The summed E-state index contributed by atoms with van der Waals surface area (Å²) in [6.45, 7) is 1.99. The summed E-state index contributed by atoms with van der Waals surface area (Å²) in [6, 6.07) is 15.7. The van der Waals surface area contributed by atoms with Crippen LogP contribution in [0.5, 0.6) is 0 Å². The van der Waals surface area contributed by atoms with Gasteiger partial charge in [-0.15, -0.1) is 0 Å². The van der Waals surface area contributed by atoms with Crippen molar-refractivity contribution >= 4 is 18.0 Å². The number of methoxy groups -OCH3 is 1. The van der Waals surface area contributed by atoms with E-state index in [0.29, 0.717) is 0 Å². The highest BCUT2D eigenvalue weighted by atomic mass is 16.5. The summed E-state index contributed by atoms with van der Waals surface area (Å²) >= 11 is 0. The highest BCUT2D eigenvalue weighted by Crippen LogP contribution is 2.44. The average Bonchev–Trinajstić information content (AvgIpc) is 3.08. The molecule has 0 heterocycles. The molecule has 3 N–H and O–H groups in total. The molecule has 0 fully saturated rings. The fourth-order valence-corrected chi connectivity index (χ4v) is 3.96. The van der Waals surface area contributed by atoms with Gasteiger partial charge in [0.05, 0.1) is 6.42 Å². The summed E-state index contributed by atoms with van der Waals surface area (Å²) in [7, 11) is 1.39. The van der Waals surface area contributed by atoms with E-state index in [1.165, 1.54) is 7.11 Å². The van der Waals surface area contributed by atoms with Crippen molar-refractivity contribution in [1.29, 1.82) is 0 Å². The molecule has 2 aromatic carbocycles. The van der Waals surface area contributed by atoms with E-state index in [0.717, 1.165) is 22.3 Å². The van der Waals surface area contributed by atoms with Gasteiger partial charge in [0.1, 0.15) is 12.7 Å². The Kier molecular flexibility index (Phi) is 7.83. The predicted molar refractivity (Wildman–Crippen MR) is 118 cm³/mol. The minimum Gasteiger partial charge on any atom is -0.481 e. The molecule has 170 valence electrons. The van der Waals surface area contributed by atoms with E-state index < -0.39 is 30.1 Å². The maximum atomic E-state index is 12.2. The monoisotopic (exact) mass is 440 g/mol. The van der Waals surface area contributed by atoms with Crippen LogP contribution in [0.1, 0.15) is 36.8 Å². The van der Waals surface area contributed by atoms with Gasteiger partial charge in [0, 0.05) is 32.0 Å². The number of aliphatic carboxylic acids is 1. The second-order valence-electron chi connectivity index (χ2n) is 7.77. The molecule has 0 aliphatic heterocycles. The molecular formula is C24H28N2O6. The van der Waals surface area contributed by atoms with Gasteiger partial charge >= 0.3 is 12.1 Å². The summed E-state index contributed by atoms with van der Waals surface area (Å²) < 4.78 is 10.6. The number of benzene rings is 2. The molecule has 1 aliphatic carbocycles. The van der Waals surface area contributed by atoms with Gasteiger partial charge in [-0.3, -0.25) is 9.59 Å². The minimum absolute atomic E-state index is 0.0265. The van der Waals surface area contributed by atoms with Gasteiger partial charge in [0.25, 0.3) is 0 Å². The number of rotatable bonds is 10. The van der Waals surface area contributed by atoms with Gasteiger partial charge in [0.2, 0.25) is 5.91 Å². The van der Waals surface area contributed by atoms with Crippen molar-refractivity contribution in [3.05, 3.63) is 59.7 Å². The van der Waals surface area contributed by atoms with Crippen LogP contribution < -0.4 is 10.6 Å². The Labute approximate surface area is 186 Å². The zero-order valence-corrected chi connectivity index (χ0v) is 18.2. The van der Waals surface area contributed by atoms with Crippen molar-refractivity contribution in [3.8, 4) is 11.1 Å². The summed E-state index contributed by atoms with van der Waals surface area (Å²) in [5.74, 6) is -1.44. The SMILES string of the molecule is COC(CCNC(=O)OCC1c2ccccc2-c2ccccc21)C(=O)N[C@H](C)CC(=O)O. The van der Waals surface area contributed by atoms with Crippen LogP contribution in [-0.2, 0) is 19.1 Å². The normalized spacial score (nSPS) is 14.1. The number of carbonyl (C=O) groups is 3. The van der Waals surface area contributed by atoms with Gasteiger partial charge in [0.15, 0.2) is 0 Å². The number of carbonyl (C=O) groups excluding carboxylic acids is 2. The van der Waals surface area contributed by atoms with Crippen LogP contribution >= 0.6 is 0 Å². The van der Waals surface area contributed by atoms with E-state index >= 15 is 0 Å². The van der Waals surface area contributed by atoms with Gasteiger partial charge < -0.3 is 25.2 Å². The Bertz CT molecular complexity index is 931. The maximum Gasteiger partial charge on any atom is 0.407 e. The van der Waals surface area contributed by atoms with Crippen molar-refractivity contribution in [3.63, 3.8) is 0 Å². The van der Waals surface area contributed by atoms with Crippen LogP contribution in [0.15, 0.2) is 48.5 Å². The van der Waals surface area contributed by atoms with E-state index in [1.807, 2.05) is 24.3 Å². The number of carboxylic acids is 1. The first-order valence-corrected chi connectivity index (χ1v) is 10.5. The Morgan fingerprint density at radius 3 is 2.19 bits per heavy atom. The molecule has 0 spiro atoms. The standard InChI is InChI=1S/C24H28N2O6/c1-15(13-22(27)28)26-23(29)21(31-2)11-12-25-24(30)32-14-20-18-9-5-3-7-16(18)17-8-4-6-10-19(17)20/h3-10,15,20-21H,11-14H2,1-2H3,(H,25,30)(H,26,29)(H,27,28)/t15-,21?/m1/s1. The van der Waals surface area contributed by atoms with Crippen LogP contribution in [-0.4, -0.2) is 55.5 Å². The molecule has 8 nitrogen and oxygen atoms in total. The molecule has 2 amide bonds. The van der Waals surface area contributed by atoms with Crippen LogP contribution in [0.25, 0.3) is 11.1 Å². The molecule has 8 heteroatoms. The van der Waals surface area contributed by atoms with E-state index in [4.69, 9.17) is 14.6 Å². The Morgan fingerprint density at radius 2 is 1.62 bits per heavy atom.